The Bertz CT molecular complexity index is 1250. The Hall–Kier alpha value is -3.97. The molecule has 0 unspecified atom stereocenters. The zero-order chi connectivity index (χ0) is 28.9. The lowest BCUT2D eigenvalue weighted by molar-refractivity contribution is -0.145. The Morgan fingerprint density at radius 2 is 1.29 bits per heavy atom. The second-order valence-electron chi connectivity index (χ2n) is 10.5. The predicted molar refractivity (Wildman–Crippen MR) is 159 cm³/mol. The molecule has 0 fully saturated rings. The molecule has 0 saturated carbocycles. The summed E-state index contributed by atoms with van der Waals surface area (Å²) in [7, 11) is 0. The molecule has 1 atom stereocenters. The summed E-state index contributed by atoms with van der Waals surface area (Å²) in [6.07, 6.45) is 5.24. The SMILES string of the molecule is N[C@@H](CCC(=O)OCc1ccccc1)C(=O)NCCCCCCCC(=O)OCC1c2ccccc2-c2ccccc21. The molecule has 1 aliphatic rings. The van der Waals surface area contributed by atoms with E-state index >= 15 is 0 Å². The van der Waals surface area contributed by atoms with Gasteiger partial charge in [0.1, 0.15) is 13.2 Å². The van der Waals surface area contributed by atoms with Crippen LogP contribution in [0.3, 0.4) is 0 Å². The predicted octanol–water partition coefficient (Wildman–Crippen LogP) is 5.65. The number of carbonyl (C=O) groups excluding carboxylic acids is 3. The van der Waals surface area contributed by atoms with E-state index in [1.807, 2.05) is 54.6 Å². The summed E-state index contributed by atoms with van der Waals surface area (Å²) < 4.78 is 10.9. The molecular formula is C34H40N2O5. The molecule has 0 spiro atoms. The average Bonchev–Trinajstić information content (AvgIpc) is 3.33. The van der Waals surface area contributed by atoms with Gasteiger partial charge < -0.3 is 20.5 Å². The molecule has 3 aromatic rings. The average molecular weight is 557 g/mol. The van der Waals surface area contributed by atoms with E-state index in [1.54, 1.807) is 0 Å². The van der Waals surface area contributed by atoms with E-state index < -0.39 is 6.04 Å². The Kier molecular flexibility index (Phi) is 11.5. The Morgan fingerprint density at radius 1 is 0.707 bits per heavy atom. The van der Waals surface area contributed by atoms with Gasteiger partial charge in [0, 0.05) is 25.3 Å². The topological polar surface area (TPSA) is 108 Å². The van der Waals surface area contributed by atoms with Crippen molar-refractivity contribution in [1.29, 1.82) is 0 Å². The smallest absolute Gasteiger partial charge is 0.306 e. The van der Waals surface area contributed by atoms with Crippen molar-refractivity contribution in [3.63, 3.8) is 0 Å². The molecule has 0 saturated heterocycles. The number of nitrogens with one attached hydrogen (secondary N) is 1. The quantitative estimate of drug-likeness (QED) is 0.174. The molecule has 3 N–H and O–H groups in total. The molecule has 41 heavy (non-hydrogen) atoms. The molecule has 3 aromatic carbocycles. The lowest BCUT2D eigenvalue weighted by Crippen LogP contribution is -2.41. The number of esters is 2. The third-order valence-electron chi connectivity index (χ3n) is 7.47. The Morgan fingerprint density at radius 3 is 2.00 bits per heavy atom. The van der Waals surface area contributed by atoms with Gasteiger partial charge in [0.05, 0.1) is 6.04 Å². The highest BCUT2D eigenvalue weighted by Crippen LogP contribution is 2.44. The molecular weight excluding hydrogens is 516 g/mol. The van der Waals surface area contributed by atoms with Crippen LogP contribution in [-0.2, 0) is 30.5 Å². The van der Waals surface area contributed by atoms with E-state index in [9.17, 15) is 14.4 Å². The monoisotopic (exact) mass is 556 g/mol. The van der Waals surface area contributed by atoms with Crippen LogP contribution in [0.5, 0.6) is 0 Å². The van der Waals surface area contributed by atoms with Crippen LogP contribution in [0, 0.1) is 0 Å². The maximum Gasteiger partial charge on any atom is 0.306 e. The van der Waals surface area contributed by atoms with E-state index in [-0.39, 0.29) is 43.2 Å². The highest BCUT2D eigenvalue weighted by Gasteiger charge is 2.28. The summed E-state index contributed by atoms with van der Waals surface area (Å²) in [6.45, 7) is 1.12. The number of fused-ring (bicyclic) bond motifs is 3. The lowest BCUT2D eigenvalue weighted by atomic mass is 9.98. The fourth-order valence-corrected chi connectivity index (χ4v) is 5.17. The number of nitrogens with two attached hydrogens (primary N) is 1. The number of ether oxygens (including phenoxy) is 2. The van der Waals surface area contributed by atoms with Gasteiger partial charge in [-0.25, -0.2) is 0 Å². The second kappa shape index (κ2) is 15.7. The summed E-state index contributed by atoms with van der Waals surface area (Å²) in [4.78, 5) is 36.5. The van der Waals surface area contributed by atoms with Crippen molar-refractivity contribution >= 4 is 17.8 Å². The summed E-state index contributed by atoms with van der Waals surface area (Å²) in [5.41, 5.74) is 11.7. The maximum absolute atomic E-state index is 12.4. The van der Waals surface area contributed by atoms with Crippen molar-refractivity contribution in [2.75, 3.05) is 13.2 Å². The second-order valence-corrected chi connectivity index (χ2v) is 10.5. The third kappa shape index (κ3) is 9.02. The Labute approximate surface area is 242 Å². The lowest BCUT2D eigenvalue weighted by Gasteiger charge is -2.14. The number of rotatable bonds is 16. The van der Waals surface area contributed by atoms with Crippen LogP contribution >= 0.6 is 0 Å². The third-order valence-corrected chi connectivity index (χ3v) is 7.47. The largest absolute Gasteiger partial charge is 0.465 e. The number of unbranched alkanes of at least 4 members (excludes halogenated alkanes) is 4. The molecule has 1 amide bonds. The van der Waals surface area contributed by atoms with Gasteiger partial charge in [-0.1, -0.05) is 98.1 Å². The van der Waals surface area contributed by atoms with Crippen molar-refractivity contribution in [2.45, 2.75) is 69.9 Å². The van der Waals surface area contributed by atoms with Gasteiger partial charge >= 0.3 is 11.9 Å². The van der Waals surface area contributed by atoms with Gasteiger partial charge in [-0.2, -0.15) is 0 Å². The molecule has 7 heteroatoms. The number of hydrogen-bond acceptors (Lipinski definition) is 6. The van der Waals surface area contributed by atoms with E-state index in [4.69, 9.17) is 15.2 Å². The standard InChI is InChI=1S/C34H40N2O5/c35-31(20-21-33(38)40-23-25-13-5-4-6-14-25)34(39)36-22-12-3-1-2-7-19-32(37)41-24-30-28-17-10-8-15-26(28)27-16-9-11-18-29(27)30/h4-6,8-11,13-18,30-31H,1-3,7,12,19-24,35H2,(H,36,39)/t31-/m0/s1. The van der Waals surface area contributed by atoms with Crippen molar-refractivity contribution < 1.29 is 23.9 Å². The number of amides is 1. The van der Waals surface area contributed by atoms with Crippen molar-refractivity contribution in [1.82, 2.24) is 5.32 Å². The van der Waals surface area contributed by atoms with E-state index in [2.05, 4.69) is 29.6 Å². The van der Waals surface area contributed by atoms with Gasteiger partial charge in [0.2, 0.25) is 5.91 Å². The number of hydrogen-bond donors (Lipinski definition) is 2. The molecule has 0 heterocycles. The van der Waals surface area contributed by atoms with Crippen LogP contribution in [0.2, 0.25) is 0 Å². The normalized spacial score (nSPS) is 12.7. The van der Waals surface area contributed by atoms with Crippen molar-refractivity contribution in [3.8, 4) is 11.1 Å². The van der Waals surface area contributed by atoms with Crippen molar-refractivity contribution in [3.05, 3.63) is 95.6 Å². The van der Waals surface area contributed by atoms with Crippen LogP contribution in [-0.4, -0.2) is 37.0 Å². The molecule has 7 nitrogen and oxygen atoms in total. The summed E-state index contributed by atoms with van der Waals surface area (Å²) in [6, 6.07) is 25.4. The van der Waals surface area contributed by atoms with Crippen LogP contribution in [0.15, 0.2) is 78.9 Å². The van der Waals surface area contributed by atoms with Gasteiger partial charge in [-0.15, -0.1) is 0 Å². The van der Waals surface area contributed by atoms with Gasteiger partial charge in [0.15, 0.2) is 0 Å². The van der Waals surface area contributed by atoms with Gasteiger partial charge in [-0.3, -0.25) is 14.4 Å². The minimum absolute atomic E-state index is 0.0862. The minimum atomic E-state index is -0.739. The summed E-state index contributed by atoms with van der Waals surface area (Å²) in [5.74, 6) is -0.688. The molecule has 0 bridgehead atoms. The molecule has 0 radical (unpaired) electrons. The van der Waals surface area contributed by atoms with E-state index in [0.717, 1.165) is 37.7 Å². The van der Waals surface area contributed by atoms with E-state index in [1.165, 1.54) is 22.3 Å². The molecule has 1 aliphatic carbocycles. The van der Waals surface area contributed by atoms with Gasteiger partial charge in [0.25, 0.3) is 0 Å². The van der Waals surface area contributed by atoms with Gasteiger partial charge in [-0.05, 0) is 47.1 Å². The zero-order valence-corrected chi connectivity index (χ0v) is 23.6. The molecule has 4 rings (SSSR count). The minimum Gasteiger partial charge on any atom is -0.465 e. The number of carbonyl (C=O) groups is 3. The van der Waals surface area contributed by atoms with Crippen LogP contribution < -0.4 is 11.1 Å². The first-order chi connectivity index (χ1) is 20.0. The first-order valence-corrected chi connectivity index (χ1v) is 14.6. The first kappa shape index (κ1) is 30.0. The summed E-state index contributed by atoms with van der Waals surface area (Å²) in [5, 5.41) is 2.84. The fourth-order valence-electron chi connectivity index (χ4n) is 5.17. The molecule has 216 valence electrons. The Balaban J connectivity index is 1.01. The highest BCUT2D eigenvalue weighted by atomic mass is 16.5. The first-order valence-electron chi connectivity index (χ1n) is 14.6. The number of benzene rings is 3. The fraction of sp³-hybridized carbons (Fsp3) is 0.382. The molecule has 0 aromatic heterocycles. The summed E-state index contributed by atoms with van der Waals surface area (Å²) >= 11 is 0. The molecule has 0 aliphatic heterocycles. The van der Waals surface area contributed by atoms with Crippen molar-refractivity contribution in [2.24, 2.45) is 5.73 Å². The van der Waals surface area contributed by atoms with Crippen LogP contribution in [0.4, 0.5) is 0 Å². The van der Waals surface area contributed by atoms with Crippen LogP contribution in [0.25, 0.3) is 11.1 Å². The highest BCUT2D eigenvalue weighted by molar-refractivity contribution is 5.82. The van der Waals surface area contributed by atoms with Crippen LogP contribution in [0.1, 0.15) is 74.0 Å². The maximum atomic E-state index is 12.4. The zero-order valence-electron chi connectivity index (χ0n) is 23.6. The van der Waals surface area contributed by atoms with E-state index in [0.29, 0.717) is 19.6 Å².